The maximum Gasteiger partial charge on any atom is 0.224 e. The van der Waals surface area contributed by atoms with Crippen molar-refractivity contribution in [2.45, 2.75) is 32.4 Å². The highest BCUT2D eigenvalue weighted by atomic mass is 16.5. The quantitative estimate of drug-likeness (QED) is 0.321. The molecule has 0 N–H and O–H groups in total. The van der Waals surface area contributed by atoms with Gasteiger partial charge in [0.05, 0.1) is 33.1 Å². The third kappa shape index (κ3) is 4.67. The molecule has 0 saturated heterocycles. The number of aryl methyl sites for hydroxylation is 2. The first-order chi connectivity index (χ1) is 18.0. The molecule has 1 atom stereocenters. The Bertz CT molecular complexity index is 1380. The number of nitrogens with zero attached hydrogens (tertiary/aromatic N) is 2. The van der Waals surface area contributed by atoms with Gasteiger partial charge in [-0.25, -0.2) is 0 Å². The topological polar surface area (TPSA) is 52.9 Å². The van der Waals surface area contributed by atoms with E-state index in [-0.39, 0.29) is 11.9 Å². The summed E-state index contributed by atoms with van der Waals surface area (Å²) in [6.45, 7) is 2.61. The van der Waals surface area contributed by atoms with Gasteiger partial charge in [-0.1, -0.05) is 48.0 Å². The number of para-hydroxylation sites is 1. The molecule has 1 aliphatic rings. The van der Waals surface area contributed by atoms with Gasteiger partial charge in [-0.3, -0.25) is 4.79 Å². The predicted octanol–water partition coefficient (Wildman–Crippen LogP) is 5.88. The monoisotopic (exact) mass is 496 g/mol. The van der Waals surface area contributed by atoms with Gasteiger partial charge in [0.2, 0.25) is 11.7 Å². The second-order valence-electron chi connectivity index (χ2n) is 9.30. The lowest BCUT2D eigenvalue weighted by Gasteiger charge is -2.31. The van der Waals surface area contributed by atoms with Crippen molar-refractivity contribution in [1.29, 1.82) is 0 Å². The van der Waals surface area contributed by atoms with E-state index >= 15 is 0 Å². The van der Waals surface area contributed by atoms with E-state index in [0.29, 0.717) is 36.6 Å². The maximum atomic E-state index is 14.0. The molecule has 190 valence electrons. The number of ether oxygens (including phenoxy) is 3. The van der Waals surface area contributed by atoms with Crippen LogP contribution in [0.4, 0.5) is 0 Å². The molecule has 6 nitrogen and oxygen atoms in total. The van der Waals surface area contributed by atoms with Crippen molar-refractivity contribution < 1.29 is 19.0 Å². The number of hydrogen-bond donors (Lipinski definition) is 0. The number of fused-ring (bicyclic) bond motifs is 3. The molecule has 3 aromatic carbocycles. The van der Waals surface area contributed by atoms with Crippen LogP contribution in [0.25, 0.3) is 5.69 Å². The van der Waals surface area contributed by atoms with E-state index in [9.17, 15) is 4.79 Å². The van der Waals surface area contributed by atoms with Crippen LogP contribution in [-0.2, 0) is 17.8 Å². The molecular formula is C31H32N2O4. The summed E-state index contributed by atoms with van der Waals surface area (Å²) in [5.74, 6) is 1.81. The summed E-state index contributed by atoms with van der Waals surface area (Å²) in [5.41, 5.74) is 6.55. The molecule has 0 bridgehead atoms. The summed E-state index contributed by atoms with van der Waals surface area (Å²) in [6.07, 6.45) is 2.98. The van der Waals surface area contributed by atoms with E-state index < -0.39 is 0 Å². The first-order valence-corrected chi connectivity index (χ1v) is 12.4. The van der Waals surface area contributed by atoms with Crippen molar-refractivity contribution >= 4 is 5.91 Å². The van der Waals surface area contributed by atoms with E-state index in [1.165, 1.54) is 5.56 Å². The van der Waals surface area contributed by atoms with E-state index in [2.05, 4.69) is 66.2 Å². The Labute approximate surface area is 218 Å². The SMILES string of the molecule is COc1cc(CCC(=O)N2Cc3ccccc3-n3cccc3[C@H]2c2ccc(C)cc2)cc(OC)c1OC. The fourth-order valence-electron chi connectivity index (χ4n) is 5.16. The van der Waals surface area contributed by atoms with Gasteiger partial charge in [-0.05, 0) is 60.4 Å². The van der Waals surface area contributed by atoms with E-state index in [4.69, 9.17) is 14.2 Å². The molecular weight excluding hydrogens is 464 g/mol. The lowest BCUT2D eigenvalue weighted by molar-refractivity contribution is -0.133. The van der Waals surface area contributed by atoms with Gasteiger partial charge in [0.25, 0.3) is 0 Å². The van der Waals surface area contributed by atoms with Crippen LogP contribution in [0.2, 0.25) is 0 Å². The summed E-state index contributed by atoms with van der Waals surface area (Å²) < 4.78 is 18.7. The van der Waals surface area contributed by atoms with Gasteiger partial charge in [-0.15, -0.1) is 0 Å². The summed E-state index contributed by atoms with van der Waals surface area (Å²) in [6, 6.07) is 24.6. The van der Waals surface area contributed by atoms with E-state index in [1.807, 2.05) is 29.2 Å². The summed E-state index contributed by atoms with van der Waals surface area (Å²) >= 11 is 0. The molecule has 2 heterocycles. The number of rotatable bonds is 7. The second-order valence-corrected chi connectivity index (χ2v) is 9.30. The van der Waals surface area contributed by atoms with Crippen molar-refractivity contribution in [3.8, 4) is 22.9 Å². The molecule has 1 aromatic heterocycles. The average Bonchev–Trinajstić information content (AvgIpc) is 3.36. The number of carbonyl (C=O) groups excluding carboxylic acids is 1. The first kappa shape index (κ1) is 24.5. The molecule has 0 spiro atoms. The fraction of sp³-hybridized carbons (Fsp3) is 0.258. The van der Waals surface area contributed by atoms with Gasteiger partial charge in [0.15, 0.2) is 11.5 Å². The molecule has 37 heavy (non-hydrogen) atoms. The van der Waals surface area contributed by atoms with Crippen LogP contribution in [0.15, 0.2) is 79.0 Å². The van der Waals surface area contributed by atoms with Crippen LogP contribution < -0.4 is 14.2 Å². The third-order valence-corrected chi connectivity index (χ3v) is 7.03. The van der Waals surface area contributed by atoms with Crippen molar-refractivity contribution in [1.82, 2.24) is 9.47 Å². The van der Waals surface area contributed by atoms with Gasteiger partial charge in [0, 0.05) is 24.9 Å². The van der Waals surface area contributed by atoms with E-state index in [1.54, 1.807) is 21.3 Å². The normalized spacial score (nSPS) is 14.4. The molecule has 6 heteroatoms. The number of amides is 1. The first-order valence-electron chi connectivity index (χ1n) is 12.4. The van der Waals surface area contributed by atoms with Crippen LogP contribution >= 0.6 is 0 Å². The number of methoxy groups -OCH3 is 3. The largest absolute Gasteiger partial charge is 0.493 e. The smallest absolute Gasteiger partial charge is 0.224 e. The summed E-state index contributed by atoms with van der Waals surface area (Å²) in [7, 11) is 4.78. The summed E-state index contributed by atoms with van der Waals surface area (Å²) in [4.78, 5) is 16.0. The van der Waals surface area contributed by atoms with Gasteiger partial charge in [0.1, 0.15) is 0 Å². The maximum absolute atomic E-state index is 14.0. The minimum Gasteiger partial charge on any atom is -0.493 e. The third-order valence-electron chi connectivity index (χ3n) is 7.03. The predicted molar refractivity (Wildman–Crippen MR) is 144 cm³/mol. The van der Waals surface area contributed by atoms with Crippen LogP contribution in [0.5, 0.6) is 17.2 Å². The Morgan fingerprint density at radius 3 is 2.27 bits per heavy atom. The van der Waals surface area contributed by atoms with Crippen LogP contribution in [0.1, 0.15) is 40.4 Å². The number of hydrogen-bond acceptors (Lipinski definition) is 4. The Morgan fingerprint density at radius 1 is 0.892 bits per heavy atom. The molecule has 0 unspecified atom stereocenters. The Morgan fingerprint density at radius 2 is 1.59 bits per heavy atom. The van der Waals surface area contributed by atoms with Crippen molar-refractivity contribution in [3.05, 3.63) is 107 Å². The minimum absolute atomic E-state index is 0.0868. The van der Waals surface area contributed by atoms with Crippen LogP contribution in [-0.4, -0.2) is 36.7 Å². The standard InChI is InChI=1S/C31H32N2O4/c1-21-11-14-23(15-12-21)30-26-10-7-17-32(26)25-9-6-5-8-24(25)20-33(30)29(34)16-13-22-18-27(35-2)31(37-4)28(19-22)36-3/h5-12,14-15,17-19,30H,13,16,20H2,1-4H3/t30-/m1/s1. The highest BCUT2D eigenvalue weighted by molar-refractivity contribution is 5.78. The van der Waals surface area contributed by atoms with Gasteiger partial charge < -0.3 is 23.7 Å². The van der Waals surface area contributed by atoms with Crippen LogP contribution in [0.3, 0.4) is 0 Å². The lowest BCUT2D eigenvalue weighted by Crippen LogP contribution is -2.35. The van der Waals surface area contributed by atoms with Crippen molar-refractivity contribution in [2.75, 3.05) is 21.3 Å². The molecule has 5 rings (SSSR count). The molecule has 1 amide bonds. The number of carbonyl (C=O) groups is 1. The summed E-state index contributed by atoms with van der Waals surface area (Å²) in [5, 5.41) is 0. The van der Waals surface area contributed by atoms with Gasteiger partial charge in [-0.2, -0.15) is 0 Å². The van der Waals surface area contributed by atoms with Crippen LogP contribution in [0, 0.1) is 6.92 Å². The molecule has 4 aromatic rings. The fourth-order valence-corrected chi connectivity index (χ4v) is 5.16. The van der Waals surface area contributed by atoms with Gasteiger partial charge >= 0.3 is 0 Å². The Balaban J connectivity index is 1.51. The van der Waals surface area contributed by atoms with E-state index in [0.717, 1.165) is 28.1 Å². The molecule has 0 aliphatic carbocycles. The molecule has 0 radical (unpaired) electrons. The molecule has 0 fully saturated rings. The lowest BCUT2D eigenvalue weighted by atomic mass is 9.99. The number of benzene rings is 3. The zero-order valence-corrected chi connectivity index (χ0v) is 21.7. The average molecular weight is 497 g/mol. The minimum atomic E-state index is -0.199. The zero-order valence-electron chi connectivity index (χ0n) is 21.7. The Hall–Kier alpha value is -4.19. The second kappa shape index (κ2) is 10.4. The van der Waals surface area contributed by atoms with Crippen molar-refractivity contribution in [3.63, 3.8) is 0 Å². The molecule has 1 aliphatic heterocycles. The highest BCUT2D eigenvalue weighted by Gasteiger charge is 2.32. The zero-order chi connectivity index (χ0) is 25.9. The molecule has 0 saturated carbocycles. The van der Waals surface area contributed by atoms with Crippen molar-refractivity contribution in [2.24, 2.45) is 0 Å². The number of aromatic nitrogens is 1. The Kier molecular flexibility index (Phi) is 6.91. The highest BCUT2D eigenvalue weighted by Crippen LogP contribution is 2.40.